The molecule has 0 saturated carbocycles. The summed E-state index contributed by atoms with van der Waals surface area (Å²) in [6.07, 6.45) is 0.553. The fourth-order valence-electron chi connectivity index (χ4n) is 3.12. The van der Waals surface area contributed by atoms with Gasteiger partial charge in [-0.05, 0) is 24.9 Å². The lowest BCUT2D eigenvalue weighted by atomic mass is 10.0. The Kier molecular flexibility index (Phi) is 7.22. The summed E-state index contributed by atoms with van der Waals surface area (Å²) in [5.41, 5.74) is 1.06. The van der Waals surface area contributed by atoms with Gasteiger partial charge < -0.3 is 4.90 Å². The monoisotopic (exact) mass is 353 g/mol. The lowest BCUT2D eigenvalue weighted by molar-refractivity contribution is 0.0905. The Morgan fingerprint density at radius 3 is 2.29 bits per heavy atom. The minimum Gasteiger partial charge on any atom is -0.304 e. The number of rotatable bonds is 8. The van der Waals surface area contributed by atoms with Gasteiger partial charge in [-0.15, -0.1) is 0 Å². The number of piperazine rings is 1. The molecule has 5 nitrogen and oxygen atoms in total. The predicted molar refractivity (Wildman–Crippen MR) is 99.6 cm³/mol. The first kappa shape index (κ1) is 19.4. The van der Waals surface area contributed by atoms with E-state index in [4.69, 9.17) is 0 Å². The second-order valence-electron chi connectivity index (χ2n) is 7.05. The van der Waals surface area contributed by atoms with Gasteiger partial charge in [0.2, 0.25) is 10.0 Å². The van der Waals surface area contributed by atoms with E-state index >= 15 is 0 Å². The van der Waals surface area contributed by atoms with Crippen LogP contribution >= 0.6 is 0 Å². The summed E-state index contributed by atoms with van der Waals surface area (Å²) < 4.78 is 27.5. The van der Waals surface area contributed by atoms with Crippen molar-refractivity contribution in [2.45, 2.75) is 26.3 Å². The second-order valence-corrected chi connectivity index (χ2v) is 8.98. The fraction of sp³-hybridized carbons (Fsp3) is 0.667. The zero-order chi connectivity index (χ0) is 17.6. The van der Waals surface area contributed by atoms with Crippen molar-refractivity contribution in [2.24, 2.45) is 5.92 Å². The third-order valence-electron chi connectivity index (χ3n) is 4.79. The number of nitrogens with zero attached hydrogens (tertiary/aromatic N) is 2. The van der Waals surface area contributed by atoms with Gasteiger partial charge in [-0.1, -0.05) is 44.2 Å². The summed E-state index contributed by atoms with van der Waals surface area (Å²) in [5.74, 6) is 0.565. The maximum Gasteiger partial charge on any atom is 0.211 e. The molecule has 1 N–H and O–H groups in total. The molecular formula is C18H31N3O2S. The van der Waals surface area contributed by atoms with Crippen molar-refractivity contribution >= 4 is 10.0 Å². The van der Waals surface area contributed by atoms with Gasteiger partial charge >= 0.3 is 0 Å². The van der Waals surface area contributed by atoms with Crippen LogP contribution in [0.3, 0.4) is 0 Å². The molecule has 136 valence electrons. The van der Waals surface area contributed by atoms with E-state index < -0.39 is 10.0 Å². The smallest absolute Gasteiger partial charge is 0.211 e. The molecule has 24 heavy (non-hydrogen) atoms. The highest BCUT2D eigenvalue weighted by Crippen LogP contribution is 2.13. The molecule has 0 radical (unpaired) electrons. The van der Waals surface area contributed by atoms with E-state index in [-0.39, 0.29) is 11.8 Å². The van der Waals surface area contributed by atoms with E-state index in [1.54, 1.807) is 0 Å². The fourth-order valence-corrected chi connectivity index (χ4v) is 4.19. The molecular weight excluding hydrogens is 322 g/mol. The predicted octanol–water partition coefficient (Wildman–Crippen LogP) is 1.42. The molecule has 1 aliphatic heterocycles. The Balaban J connectivity index is 1.86. The Labute approximate surface area is 147 Å². The molecule has 1 atom stereocenters. The highest BCUT2D eigenvalue weighted by atomic mass is 32.2. The molecule has 0 bridgehead atoms. The van der Waals surface area contributed by atoms with Crippen LogP contribution < -0.4 is 4.72 Å². The van der Waals surface area contributed by atoms with Crippen LogP contribution in [0.2, 0.25) is 0 Å². The number of likely N-dealkylation sites (N-methyl/N-ethyl adjacent to an activating group) is 1. The van der Waals surface area contributed by atoms with Gasteiger partial charge in [-0.3, -0.25) is 4.90 Å². The third kappa shape index (κ3) is 6.16. The molecule has 1 aromatic rings. The van der Waals surface area contributed by atoms with E-state index in [0.717, 1.165) is 31.7 Å². The zero-order valence-electron chi connectivity index (χ0n) is 15.1. The largest absolute Gasteiger partial charge is 0.304 e. The van der Waals surface area contributed by atoms with Crippen LogP contribution in [0, 0.1) is 5.92 Å². The molecule has 0 aliphatic carbocycles. The summed E-state index contributed by atoms with van der Waals surface area (Å²) in [7, 11) is -1.11. The van der Waals surface area contributed by atoms with Crippen LogP contribution in [0.1, 0.15) is 19.4 Å². The van der Waals surface area contributed by atoms with E-state index in [0.29, 0.717) is 18.9 Å². The molecule has 0 amide bonds. The SMILES string of the molecule is CC(C)C(CNS(=O)(=O)CCc1ccccc1)N1CCN(C)CC1. The molecule has 1 aliphatic rings. The Morgan fingerprint density at radius 2 is 1.71 bits per heavy atom. The topological polar surface area (TPSA) is 52.7 Å². The van der Waals surface area contributed by atoms with Crippen molar-refractivity contribution in [1.82, 2.24) is 14.5 Å². The van der Waals surface area contributed by atoms with Crippen LogP contribution in [-0.2, 0) is 16.4 Å². The van der Waals surface area contributed by atoms with Crippen LogP contribution in [0.25, 0.3) is 0 Å². The van der Waals surface area contributed by atoms with E-state index in [1.165, 1.54) is 0 Å². The van der Waals surface area contributed by atoms with Crippen molar-refractivity contribution in [1.29, 1.82) is 0 Å². The number of hydrogen-bond donors (Lipinski definition) is 1. The van der Waals surface area contributed by atoms with Crippen molar-refractivity contribution in [3.8, 4) is 0 Å². The zero-order valence-corrected chi connectivity index (χ0v) is 15.9. The quantitative estimate of drug-likeness (QED) is 0.768. The van der Waals surface area contributed by atoms with Crippen LogP contribution in [0.15, 0.2) is 30.3 Å². The lowest BCUT2D eigenvalue weighted by Crippen LogP contribution is -2.54. The van der Waals surface area contributed by atoms with E-state index in [9.17, 15) is 8.42 Å². The molecule has 6 heteroatoms. The average Bonchev–Trinajstić information content (AvgIpc) is 2.55. The van der Waals surface area contributed by atoms with Gasteiger partial charge in [-0.2, -0.15) is 0 Å². The van der Waals surface area contributed by atoms with Gasteiger partial charge in [0.05, 0.1) is 5.75 Å². The highest BCUT2D eigenvalue weighted by Gasteiger charge is 2.26. The first-order chi connectivity index (χ1) is 11.4. The Bertz CT molecular complexity index is 582. The second kappa shape index (κ2) is 8.94. The molecule has 1 saturated heterocycles. The van der Waals surface area contributed by atoms with Crippen LogP contribution in [0.5, 0.6) is 0 Å². The van der Waals surface area contributed by atoms with Gasteiger partial charge in [0.25, 0.3) is 0 Å². The number of hydrogen-bond acceptors (Lipinski definition) is 4. The van der Waals surface area contributed by atoms with Crippen molar-refractivity contribution in [3.05, 3.63) is 35.9 Å². The minimum atomic E-state index is -3.24. The number of benzene rings is 1. The van der Waals surface area contributed by atoms with Gasteiger partial charge in [0.1, 0.15) is 0 Å². The minimum absolute atomic E-state index is 0.143. The Hall–Kier alpha value is -0.950. The number of nitrogens with one attached hydrogen (secondary N) is 1. The highest BCUT2D eigenvalue weighted by molar-refractivity contribution is 7.89. The maximum absolute atomic E-state index is 12.3. The van der Waals surface area contributed by atoms with Crippen LogP contribution in [0.4, 0.5) is 0 Å². The molecule has 0 aromatic heterocycles. The summed E-state index contributed by atoms with van der Waals surface area (Å²) in [5, 5.41) is 0. The van der Waals surface area contributed by atoms with E-state index in [2.05, 4.69) is 35.4 Å². The third-order valence-corrected chi connectivity index (χ3v) is 6.14. The van der Waals surface area contributed by atoms with Crippen molar-refractivity contribution < 1.29 is 8.42 Å². The molecule has 1 aromatic carbocycles. The molecule has 0 spiro atoms. The summed E-state index contributed by atoms with van der Waals surface area (Å²) in [4.78, 5) is 4.74. The summed E-state index contributed by atoms with van der Waals surface area (Å²) >= 11 is 0. The number of aryl methyl sites for hydroxylation is 1. The van der Waals surface area contributed by atoms with Crippen LogP contribution in [-0.4, -0.2) is 69.8 Å². The van der Waals surface area contributed by atoms with Gasteiger partial charge in [0, 0.05) is 38.8 Å². The van der Waals surface area contributed by atoms with Gasteiger partial charge in [-0.25, -0.2) is 13.1 Å². The maximum atomic E-state index is 12.3. The Morgan fingerprint density at radius 1 is 1.08 bits per heavy atom. The molecule has 1 heterocycles. The molecule has 1 unspecified atom stereocenters. The van der Waals surface area contributed by atoms with E-state index in [1.807, 2.05) is 30.3 Å². The first-order valence-electron chi connectivity index (χ1n) is 8.81. The average molecular weight is 354 g/mol. The standard InChI is InChI=1S/C18H31N3O2S/c1-16(2)18(21-12-10-20(3)11-13-21)15-19-24(22,23)14-9-17-7-5-4-6-8-17/h4-8,16,18-19H,9-15H2,1-3H3. The van der Waals surface area contributed by atoms with Gasteiger partial charge in [0.15, 0.2) is 0 Å². The number of sulfonamides is 1. The summed E-state index contributed by atoms with van der Waals surface area (Å²) in [6.45, 7) is 8.94. The lowest BCUT2D eigenvalue weighted by Gasteiger charge is -2.39. The normalized spacial score (nSPS) is 18.8. The summed E-state index contributed by atoms with van der Waals surface area (Å²) in [6, 6.07) is 10.0. The molecule has 2 rings (SSSR count). The first-order valence-corrected chi connectivity index (χ1v) is 10.5. The van der Waals surface area contributed by atoms with Crippen molar-refractivity contribution in [3.63, 3.8) is 0 Å². The van der Waals surface area contributed by atoms with Crippen molar-refractivity contribution in [2.75, 3.05) is 45.5 Å². The molecule has 1 fully saturated rings.